The predicted molar refractivity (Wildman–Crippen MR) is 87.0 cm³/mol. The molecule has 6 heteroatoms. The van der Waals surface area contributed by atoms with Gasteiger partial charge in [0, 0.05) is 26.2 Å². The lowest BCUT2D eigenvalue weighted by atomic mass is 10.1. The molecule has 1 aromatic carbocycles. The molecule has 0 bridgehead atoms. The Labute approximate surface area is 136 Å². The molecule has 2 fully saturated rings. The Hall–Kier alpha value is -1.66. The minimum Gasteiger partial charge on any atom is -0.368 e. The molecule has 0 atom stereocenters. The molecule has 0 aromatic heterocycles. The van der Waals surface area contributed by atoms with E-state index in [1.54, 1.807) is 12.1 Å². The average Bonchev–Trinajstić information content (AvgIpc) is 2.61. The maximum atomic E-state index is 13.8. The standard InChI is InChI=1S/C17H24FN3O2/c18-15-3-1-2-4-16(15)20-9-11-21(12-10-20)17(22)13-23-14-5-7-19-8-6-14/h1-4,14,19H,5-13H2. The highest BCUT2D eigenvalue weighted by Crippen LogP contribution is 2.20. The number of anilines is 1. The fourth-order valence-electron chi connectivity index (χ4n) is 3.15. The van der Waals surface area contributed by atoms with E-state index in [2.05, 4.69) is 5.32 Å². The fourth-order valence-corrected chi connectivity index (χ4v) is 3.15. The number of nitrogens with one attached hydrogen (secondary N) is 1. The number of nitrogens with zero attached hydrogens (tertiary/aromatic N) is 2. The fraction of sp³-hybridized carbons (Fsp3) is 0.588. The second kappa shape index (κ2) is 7.75. The van der Waals surface area contributed by atoms with E-state index in [1.165, 1.54) is 6.07 Å². The molecule has 2 saturated heterocycles. The third kappa shape index (κ3) is 4.20. The van der Waals surface area contributed by atoms with E-state index in [1.807, 2.05) is 15.9 Å². The zero-order valence-corrected chi connectivity index (χ0v) is 13.3. The second-order valence-electron chi connectivity index (χ2n) is 6.08. The third-order valence-electron chi connectivity index (χ3n) is 4.55. The summed E-state index contributed by atoms with van der Waals surface area (Å²) in [4.78, 5) is 16.1. The highest BCUT2D eigenvalue weighted by molar-refractivity contribution is 5.77. The van der Waals surface area contributed by atoms with Gasteiger partial charge in [0.15, 0.2) is 0 Å². The van der Waals surface area contributed by atoms with Gasteiger partial charge in [0.2, 0.25) is 5.91 Å². The number of hydrogen-bond acceptors (Lipinski definition) is 4. The molecule has 1 amide bonds. The molecular formula is C17H24FN3O2. The van der Waals surface area contributed by atoms with Crippen LogP contribution in [-0.4, -0.2) is 62.8 Å². The smallest absolute Gasteiger partial charge is 0.248 e. The van der Waals surface area contributed by atoms with E-state index >= 15 is 0 Å². The first-order valence-electron chi connectivity index (χ1n) is 8.33. The minimum absolute atomic E-state index is 0.0386. The van der Waals surface area contributed by atoms with E-state index in [-0.39, 0.29) is 24.4 Å². The molecule has 0 aliphatic carbocycles. The van der Waals surface area contributed by atoms with Gasteiger partial charge in [0.05, 0.1) is 11.8 Å². The lowest BCUT2D eigenvalue weighted by Crippen LogP contribution is -2.50. The van der Waals surface area contributed by atoms with E-state index < -0.39 is 0 Å². The predicted octanol–water partition coefficient (Wildman–Crippen LogP) is 1.24. The van der Waals surface area contributed by atoms with E-state index in [9.17, 15) is 9.18 Å². The first kappa shape index (κ1) is 16.2. The largest absolute Gasteiger partial charge is 0.368 e. The topological polar surface area (TPSA) is 44.8 Å². The van der Waals surface area contributed by atoms with Gasteiger partial charge in [-0.25, -0.2) is 4.39 Å². The van der Waals surface area contributed by atoms with Crippen molar-refractivity contribution in [1.82, 2.24) is 10.2 Å². The summed E-state index contributed by atoms with van der Waals surface area (Å²) in [7, 11) is 0. The maximum absolute atomic E-state index is 13.8. The van der Waals surface area contributed by atoms with Gasteiger partial charge >= 0.3 is 0 Å². The summed E-state index contributed by atoms with van der Waals surface area (Å²) in [6.45, 7) is 4.61. The molecule has 1 N–H and O–H groups in total. The molecule has 2 aliphatic heterocycles. The van der Waals surface area contributed by atoms with Crippen LogP contribution in [0.5, 0.6) is 0 Å². The van der Waals surface area contributed by atoms with Crippen molar-refractivity contribution in [2.75, 3.05) is 50.8 Å². The van der Waals surface area contributed by atoms with Gasteiger partial charge in [-0.15, -0.1) is 0 Å². The number of piperidine rings is 1. The zero-order valence-electron chi connectivity index (χ0n) is 13.3. The average molecular weight is 321 g/mol. The third-order valence-corrected chi connectivity index (χ3v) is 4.55. The van der Waals surface area contributed by atoms with Gasteiger partial charge in [0.1, 0.15) is 12.4 Å². The van der Waals surface area contributed by atoms with Crippen LogP contribution in [0.25, 0.3) is 0 Å². The quantitative estimate of drug-likeness (QED) is 0.906. The van der Waals surface area contributed by atoms with Crippen LogP contribution in [0.3, 0.4) is 0 Å². The lowest BCUT2D eigenvalue weighted by molar-refractivity contribution is -0.139. The molecule has 0 spiro atoms. The first-order valence-corrected chi connectivity index (χ1v) is 8.33. The van der Waals surface area contributed by atoms with Crippen LogP contribution in [0.1, 0.15) is 12.8 Å². The highest BCUT2D eigenvalue weighted by Gasteiger charge is 2.23. The maximum Gasteiger partial charge on any atom is 0.248 e. The van der Waals surface area contributed by atoms with Gasteiger partial charge in [-0.3, -0.25) is 4.79 Å². The summed E-state index contributed by atoms with van der Waals surface area (Å²) in [5.41, 5.74) is 0.616. The highest BCUT2D eigenvalue weighted by atomic mass is 19.1. The lowest BCUT2D eigenvalue weighted by Gasteiger charge is -2.36. The van der Waals surface area contributed by atoms with Crippen molar-refractivity contribution in [3.63, 3.8) is 0 Å². The number of carbonyl (C=O) groups excluding carboxylic acids is 1. The Balaban J connectivity index is 1.45. The Bertz CT molecular complexity index is 526. The van der Waals surface area contributed by atoms with Crippen LogP contribution in [-0.2, 0) is 9.53 Å². The van der Waals surface area contributed by atoms with Crippen LogP contribution >= 0.6 is 0 Å². The molecule has 2 heterocycles. The van der Waals surface area contributed by atoms with Gasteiger partial charge in [-0.2, -0.15) is 0 Å². The van der Waals surface area contributed by atoms with Crippen molar-refractivity contribution in [2.45, 2.75) is 18.9 Å². The summed E-state index contributed by atoms with van der Waals surface area (Å²) >= 11 is 0. The van der Waals surface area contributed by atoms with Crippen LogP contribution in [0.15, 0.2) is 24.3 Å². The molecule has 0 unspecified atom stereocenters. The second-order valence-corrected chi connectivity index (χ2v) is 6.08. The van der Waals surface area contributed by atoms with Crippen molar-refractivity contribution >= 4 is 11.6 Å². The molecular weight excluding hydrogens is 297 g/mol. The number of para-hydroxylation sites is 1. The monoisotopic (exact) mass is 321 g/mol. The Morgan fingerprint density at radius 1 is 1.17 bits per heavy atom. The number of benzene rings is 1. The molecule has 2 aliphatic rings. The number of halogens is 1. The molecule has 126 valence electrons. The van der Waals surface area contributed by atoms with Crippen molar-refractivity contribution in [1.29, 1.82) is 0 Å². The summed E-state index contributed by atoms with van der Waals surface area (Å²) < 4.78 is 19.5. The van der Waals surface area contributed by atoms with Crippen molar-refractivity contribution < 1.29 is 13.9 Å². The van der Waals surface area contributed by atoms with Crippen LogP contribution < -0.4 is 10.2 Å². The van der Waals surface area contributed by atoms with Crippen molar-refractivity contribution in [3.8, 4) is 0 Å². The summed E-state index contributed by atoms with van der Waals surface area (Å²) in [5, 5.41) is 3.28. The van der Waals surface area contributed by atoms with Gasteiger partial charge in [0.25, 0.3) is 0 Å². The zero-order chi connectivity index (χ0) is 16.1. The number of hydrogen-bond donors (Lipinski definition) is 1. The van der Waals surface area contributed by atoms with Gasteiger partial charge in [-0.1, -0.05) is 12.1 Å². The number of piperazine rings is 1. The number of amides is 1. The minimum atomic E-state index is -0.207. The number of carbonyl (C=O) groups is 1. The van der Waals surface area contributed by atoms with E-state index in [4.69, 9.17) is 4.74 Å². The Morgan fingerprint density at radius 3 is 2.57 bits per heavy atom. The Morgan fingerprint density at radius 2 is 1.87 bits per heavy atom. The molecule has 23 heavy (non-hydrogen) atoms. The number of rotatable bonds is 4. The van der Waals surface area contributed by atoms with E-state index in [0.29, 0.717) is 31.9 Å². The van der Waals surface area contributed by atoms with Crippen LogP contribution in [0.2, 0.25) is 0 Å². The molecule has 3 rings (SSSR count). The summed E-state index contributed by atoms with van der Waals surface area (Å²) in [5.74, 6) is -0.168. The van der Waals surface area contributed by atoms with E-state index in [0.717, 1.165) is 25.9 Å². The van der Waals surface area contributed by atoms with Gasteiger partial charge in [-0.05, 0) is 38.1 Å². The van der Waals surface area contributed by atoms with Crippen molar-refractivity contribution in [2.24, 2.45) is 0 Å². The summed E-state index contributed by atoms with van der Waals surface area (Å²) in [6, 6.07) is 6.78. The molecule has 0 saturated carbocycles. The van der Waals surface area contributed by atoms with Crippen molar-refractivity contribution in [3.05, 3.63) is 30.1 Å². The Kier molecular flexibility index (Phi) is 5.46. The van der Waals surface area contributed by atoms with Crippen LogP contribution in [0.4, 0.5) is 10.1 Å². The first-order chi connectivity index (χ1) is 11.2. The van der Waals surface area contributed by atoms with Crippen LogP contribution in [0, 0.1) is 5.82 Å². The number of ether oxygens (including phenoxy) is 1. The molecule has 0 radical (unpaired) electrons. The summed E-state index contributed by atoms with van der Waals surface area (Å²) in [6.07, 6.45) is 2.13. The molecule has 1 aromatic rings. The van der Waals surface area contributed by atoms with Gasteiger partial charge < -0.3 is 19.9 Å². The SMILES string of the molecule is O=C(COC1CCNCC1)N1CCN(c2ccccc2F)CC1. The normalized spacial score (nSPS) is 19.9. The molecule has 5 nitrogen and oxygen atoms in total.